The van der Waals surface area contributed by atoms with Gasteiger partial charge in [-0.25, -0.2) is 0 Å². The van der Waals surface area contributed by atoms with Gasteiger partial charge in [-0.2, -0.15) is 0 Å². The van der Waals surface area contributed by atoms with E-state index in [2.05, 4.69) is 24.4 Å². The molecule has 3 rings (SSSR count). The molecule has 19 heteroatoms. The van der Waals surface area contributed by atoms with E-state index in [4.69, 9.17) is 28.4 Å². The number of ether oxygens (including phenoxy) is 6. The number of nitrogens with one attached hydrogen (secondary N) is 1. The van der Waals surface area contributed by atoms with Gasteiger partial charge in [0.15, 0.2) is 18.9 Å². The lowest BCUT2D eigenvalue weighted by Gasteiger charge is -2.48. The average molecular weight is 994 g/mol. The highest BCUT2D eigenvalue weighted by Gasteiger charge is 2.53. The number of unbranched alkanes of at least 4 members (excludes halogenated alkanes) is 18. The average Bonchev–Trinajstić information content (AvgIpc) is 3.34. The zero-order valence-electron chi connectivity index (χ0n) is 41.3. The number of aliphatic hydroxyl groups excluding tert-OH is 11. The number of rotatable bonds is 36. The second-order valence-electron chi connectivity index (χ2n) is 19.0. The molecule has 19 nitrogen and oxygen atoms in total. The summed E-state index contributed by atoms with van der Waals surface area (Å²) in [6.45, 7) is 1.30. The van der Waals surface area contributed by atoms with Crippen LogP contribution < -0.4 is 5.32 Å². The molecular weight excluding hydrogens is 903 g/mol. The Kier molecular flexibility index (Phi) is 31.6. The molecule has 0 radical (unpaired) electrons. The van der Waals surface area contributed by atoms with Crippen molar-refractivity contribution in [3.05, 3.63) is 24.3 Å². The van der Waals surface area contributed by atoms with Gasteiger partial charge in [0.25, 0.3) is 0 Å². The molecular formula is C50H91NO18. The zero-order valence-corrected chi connectivity index (χ0v) is 41.3. The van der Waals surface area contributed by atoms with Crippen LogP contribution >= 0.6 is 0 Å². The van der Waals surface area contributed by atoms with Crippen LogP contribution in [-0.4, -0.2) is 193 Å². The highest BCUT2D eigenvalue weighted by Crippen LogP contribution is 2.33. The van der Waals surface area contributed by atoms with Gasteiger partial charge in [0.1, 0.15) is 73.2 Å². The lowest BCUT2D eigenvalue weighted by atomic mass is 9.96. The minimum absolute atomic E-state index is 0.186. The highest BCUT2D eigenvalue weighted by atomic mass is 16.8. The number of amides is 1. The summed E-state index contributed by atoms with van der Waals surface area (Å²) >= 11 is 0. The summed E-state index contributed by atoms with van der Waals surface area (Å²) < 4.78 is 33.8. The lowest BCUT2D eigenvalue weighted by Crippen LogP contribution is -2.66. The quantitative estimate of drug-likeness (QED) is 0.0316. The first kappa shape index (κ1) is 61.6. The van der Waals surface area contributed by atoms with Gasteiger partial charge in [0.2, 0.25) is 5.91 Å². The van der Waals surface area contributed by atoms with Gasteiger partial charge in [0, 0.05) is 6.42 Å². The monoisotopic (exact) mass is 994 g/mol. The smallest absolute Gasteiger partial charge is 0.220 e. The van der Waals surface area contributed by atoms with Crippen molar-refractivity contribution >= 4 is 5.91 Å². The van der Waals surface area contributed by atoms with Gasteiger partial charge in [-0.3, -0.25) is 4.79 Å². The molecule has 404 valence electrons. The van der Waals surface area contributed by atoms with Crippen LogP contribution in [0.5, 0.6) is 0 Å². The van der Waals surface area contributed by atoms with E-state index < -0.39 is 124 Å². The molecule has 17 atom stereocenters. The van der Waals surface area contributed by atoms with Gasteiger partial charge in [-0.15, -0.1) is 0 Å². The normalized spacial score (nSPS) is 33.0. The molecule has 0 aromatic heterocycles. The van der Waals surface area contributed by atoms with Crippen molar-refractivity contribution in [3.63, 3.8) is 0 Å². The molecule has 0 aliphatic carbocycles. The fourth-order valence-electron chi connectivity index (χ4n) is 8.90. The van der Waals surface area contributed by atoms with Crippen LogP contribution in [0.2, 0.25) is 0 Å². The van der Waals surface area contributed by atoms with Crippen molar-refractivity contribution in [1.29, 1.82) is 0 Å². The van der Waals surface area contributed by atoms with Gasteiger partial charge in [-0.1, -0.05) is 141 Å². The predicted molar refractivity (Wildman–Crippen MR) is 254 cm³/mol. The molecule has 3 aliphatic heterocycles. The summed E-state index contributed by atoms with van der Waals surface area (Å²) in [5.74, 6) is -0.340. The molecule has 1 amide bonds. The third kappa shape index (κ3) is 21.3. The summed E-state index contributed by atoms with van der Waals surface area (Å²) in [7, 11) is 0. The molecule has 17 unspecified atom stereocenters. The maximum atomic E-state index is 12.6. The van der Waals surface area contributed by atoms with Crippen LogP contribution in [0.1, 0.15) is 155 Å². The van der Waals surface area contributed by atoms with Gasteiger partial charge in [0.05, 0.1) is 38.6 Å². The minimum atomic E-state index is -1.98. The van der Waals surface area contributed by atoms with E-state index in [-0.39, 0.29) is 18.9 Å². The topological polar surface area (TPSA) is 307 Å². The van der Waals surface area contributed by atoms with E-state index in [1.807, 2.05) is 13.0 Å². The largest absolute Gasteiger partial charge is 0.394 e. The number of carbonyl (C=O) groups excluding carboxylic acids is 1. The van der Waals surface area contributed by atoms with Crippen molar-refractivity contribution in [1.82, 2.24) is 5.32 Å². The molecule has 3 aliphatic rings. The summed E-state index contributed by atoms with van der Waals surface area (Å²) in [5.41, 5.74) is 0. The van der Waals surface area contributed by atoms with Crippen LogP contribution in [0.15, 0.2) is 24.3 Å². The van der Waals surface area contributed by atoms with Crippen LogP contribution in [-0.2, 0) is 33.2 Å². The van der Waals surface area contributed by atoms with Crippen LogP contribution in [0.3, 0.4) is 0 Å². The van der Waals surface area contributed by atoms with Crippen molar-refractivity contribution in [2.75, 3.05) is 26.4 Å². The van der Waals surface area contributed by atoms with Crippen LogP contribution in [0.25, 0.3) is 0 Å². The first-order valence-electron chi connectivity index (χ1n) is 26.1. The minimum Gasteiger partial charge on any atom is -0.394 e. The van der Waals surface area contributed by atoms with Crippen molar-refractivity contribution in [2.45, 2.75) is 259 Å². The van der Waals surface area contributed by atoms with Gasteiger partial charge >= 0.3 is 0 Å². The Morgan fingerprint density at radius 3 is 1.42 bits per heavy atom. The second-order valence-corrected chi connectivity index (χ2v) is 19.0. The summed E-state index contributed by atoms with van der Waals surface area (Å²) in [6, 6.07) is -0.981. The molecule has 12 N–H and O–H groups in total. The fourth-order valence-corrected chi connectivity index (χ4v) is 8.90. The third-order valence-electron chi connectivity index (χ3n) is 13.2. The SMILES string of the molecule is CCCCCCCCCCCCCCCCCCC/C=C/CC/C=C/C(O)C(COC1OC(CO)C(OC2OC(CO)C(OC3OC(CO)C(O)C(O)C3O)C(O)C2O)C(O)C1O)NC(=O)CCC. The lowest BCUT2D eigenvalue weighted by molar-refractivity contribution is -0.379. The van der Waals surface area contributed by atoms with E-state index >= 15 is 0 Å². The highest BCUT2D eigenvalue weighted by molar-refractivity contribution is 5.76. The van der Waals surface area contributed by atoms with Crippen LogP contribution in [0.4, 0.5) is 0 Å². The molecule has 0 spiro atoms. The Bertz CT molecular complexity index is 1380. The Hall–Kier alpha value is -1.73. The Morgan fingerprint density at radius 1 is 0.507 bits per heavy atom. The van der Waals surface area contributed by atoms with E-state index in [1.54, 1.807) is 6.08 Å². The second kappa shape index (κ2) is 35.4. The van der Waals surface area contributed by atoms with E-state index in [9.17, 15) is 61.0 Å². The van der Waals surface area contributed by atoms with Gasteiger partial charge < -0.3 is 89.9 Å². The van der Waals surface area contributed by atoms with E-state index in [0.29, 0.717) is 12.8 Å². The number of carbonyl (C=O) groups is 1. The number of allylic oxidation sites excluding steroid dienone is 3. The predicted octanol–water partition coefficient (Wildman–Crippen LogP) is 2.03. The van der Waals surface area contributed by atoms with E-state index in [1.165, 1.54) is 103 Å². The third-order valence-corrected chi connectivity index (χ3v) is 13.2. The number of hydrogen-bond donors (Lipinski definition) is 12. The summed E-state index contributed by atoms with van der Waals surface area (Å²) in [4.78, 5) is 12.6. The van der Waals surface area contributed by atoms with Crippen molar-refractivity contribution in [2.24, 2.45) is 0 Å². The molecule has 3 fully saturated rings. The Morgan fingerprint density at radius 2 is 0.928 bits per heavy atom. The first-order valence-corrected chi connectivity index (χ1v) is 26.1. The molecule has 0 bridgehead atoms. The molecule has 0 aromatic carbocycles. The maximum Gasteiger partial charge on any atom is 0.220 e. The maximum absolute atomic E-state index is 12.6. The van der Waals surface area contributed by atoms with E-state index in [0.717, 1.165) is 19.3 Å². The Balaban J connectivity index is 1.40. The van der Waals surface area contributed by atoms with Crippen molar-refractivity contribution in [3.8, 4) is 0 Å². The standard InChI is InChI=1S/C50H91NO18/c1-3-5-6-7-8-9-10-11-12-13-14-15-16-17-18-19-20-21-22-23-24-25-26-28-34(55)33(51-38(56)27-4-2)32-64-48-44(62)41(59)46(36(30-53)66-48)69-50-45(63)42(60)47(37(31-54)67-50)68-49-43(61)40(58)39(57)35(29-52)65-49/h22-23,26,28,33-37,39-50,52-55,57-63H,3-21,24-25,27,29-32H2,1-2H3,(H,51,56)/b23-22+,28-26+. The molecule has 69 heavy (non-hydrogen) atoms. The Labute approximate surface area is 409 Å². The van der Waals surface area contributed by atoms with Crippen molar-refractivity contribution < 1.29 is 89.4 Å². The van der Waals surface area contributed by atoms with Crippen LogP contribution in [0, 0.1) is 0 Å². The van der Waals surface area contributed by atoms with Gasteiger partial charge in [-0.05, 0) is 32.1 Å². The summed E-state index contributed by atoms with van der Waals surface area (Å²) in [5, 5.41) is 119. The fraction of sp³-hybridized carbons (Fsp3) is 0.900. The molecule has 3 saturated heterocycles. The number of hydrogen-bond acceptors (Lipinski definition) is 18. The summed E-state index contributed by atoms with van der Waals surface area (Å²) in [6.07, 6.45) is 6.89. The molecule has 0 aromatic rings. The first-order chi connectivity index (χ1) is 33.3. The zero-order chi connectivity index (χ0) is 50.6. The number of aliphatic hydroxyl groups is 11. The molecule has 3 heterocycles. The molecule has 0 saturated carbocycles.